The van der Waals surface area contributed by atoms with Crippen molar-refractivity contribution in [1.29, 1.82) is 0 Å². The summed E-state index contributed by atoms with van der Waals surface area (Å²) in [7, 11) is 0. The molecule has 4 aromatic rings. The molecule has 2 heterocycles. The fourth-order valence-corrected chi connectivity index (χ4v) is 3.63. The van der Waals surface area contributed by atoms with Crippen molar-refractivity contribution < 1.29 is 4.79 Å². The van der Waals surface area contributed by atoms with E-state index < -0.39 is 0 Å². The Morgan fingerprint density at radius 2 is 1.71 bits per heavy atom. The van der Waals surface area contributed by atoms with Crippen molar-refractivity contribution in [3.63, 3.8) is 0 Å². The van der Waals surface area contributed by atoms with Gasteiger partial charge in [0.2, 0.25) is 0 Å². The van der Waals surface area contributed by atoms with Crippen LogP contribution < -0.4 is 5.32 Å². The Kier molecular flexibility index (Phi) is 5.26. The van der Waals surface area contributed by atoms with Gasteiger partial charge in [0.05, 0.1) is 5.69 Å². The number of nitrogens with one attached hydrogen (secondary N) is 1. The number of benzene rings is 2. The molecular formula is C23H19N3OS. The maximum atomic E-state index is 12.1. The maximum Gasteiger partial charge on any atom is 0.270 e. The Hall–Kier alpha value is -3.31. The number of hydrogen-bond donors (Lipinski definition) is 1. The van der Waals surface area contributed by atoms with E-state index in [4.69, 9.17) is 4.98 Å². The standard InChI is InChI=1S/C23H19N3OS/c1-16-5-9-18(10-6-16)21-15-28-23(26-21)19-11-7-17(8-12-19)14-25-22(27)20-4-2-3-13-24-20/h2-13,15H,14H2,1H3,(H,25,27). The summed E-state index contributed by atoms with van der Waals surface area (Å²) in [6.45, 7) is 2.54. The zero-order valence-corrected chi connectivity index (χ0v) is 16.2. The summed E-state index contributed by atoms with van der Waals surface area (Å²) < 4.78 is 0. The first-order chi connectivity index (χ1) is 13.7. The van der Waals surface area contributed by atoms with Crippen LogP contribution in [-0.2, 0) is 6.54 Å². The predicted octanol–water partition coefficient (Wildman–Crippen LogP) is 5.11. The molecule has 0 aliphatic rings. The first kappa shape index (κ1) is 18.1. The molecule has 2 aromatic heterocycles. The van der Waals surface area contributed by atoms with E-state index in [1.54, 1.807) is 35.7 Å². The van der Waals surface area contributed by atoms with Crippen LogP contribution in [0.4, 0.5) is 0 Å². The topological polar surface area (TPSA) is 54.9 Å². The highest BCUT2D eigenvalue weighted by Gasteiger charge is 2.08. The number of aromatic nitrogens is 2. The van der Waals surface area contributed by atoms with Crippen molar-refractivity contribution >= 4 is 17.2 Å². The average Bonchev–Trinajstić information content (AvgIpc) is 3.24. The van der Waals surface area contributed by atoms with Crippen LogP contribution in [0, 0.1) is 6.92 Å². The summed E-state index contributed by atoms with van der Waals surface area (Å²) in [5.41, 5.74) is 5.88. The van der Waals surface area contributed by atoms with Crippen molar-refractivity contribution in [1.82, 2.24) is 15.3 Å². The van der Waals surface area contributed by atoms with Crippen LogP contribution in [-0.4, -0.2) is 15.9 Å². The molecule has 0 bridgehead atoms. The van der Waals surface area contributed by atoms with Gasteiger partial charge in [-0.2, -0.15) is 0 Å². The molecule has 1 amide bonds. The van der Waals surface area contributed by atoms with Gasteiger partial charge in [-0.05, 0) is 24.6 Å². The quantitative estimate of drug-likeness (QED) is 0.519. The molecule has 0 aliphatic carbocycles. The van der Waals surface area contributed by atoms with Crippen LogP contribution in [0.25, 0.3) is 21.8 Å². The third-order valence-electron chi connectivity index (χ3n) is 4.40. The van der Waals surface area contributed by atoms with Gasteiger partial charge < -0.3 is 5.32 Å². The second-order valence-electron chi connectivity index (χ2n) is 6.50. The molecule has 0 atom stereocenters. The number of hydrogen-bond acceptors (Lipinski definition) is 4. The zero-order valence-electron chi connectivity index (χ0n) is 15.4. The highest BCUT2D eigenvalue weighted by molar-refractivity contribution is 7.13. The smallest absolute Gasteiger partial charge is 0.270 e. The summed E-state index contributed by atoms with van der Waals surface area (Å²) >= 11 is 1.63. The second-order valence-corrected chi connectivity index (χ2v) is 7.36. The van der Waals surface area contributed by atoms with E-state index in [1.165, 1.54) is 5.56 Å². The van der Waals surface area contributed by atoms with Gasteiger partial charge in [0.1, 0.15) is 10.7 Å². The Balaban J connectivity index is 1.42. The minimum absolute atomic E-state index is 0.174. The molecular weight excluding hydrogens is 366 g/mol. The summed E-state index contributed by atoms with van der Waals surface area (Å²) in [6.07, 6.45) is 1.61. The Labute approximate surface area is 167 Å². The fourth-order valence-electron chi connectivity index (χ4n) is 2.80. The second kappa shape index (κ2) is 8.15. The van der Waals surface area contributed by atoms with Crippen LogP contribution in [0.15, 0.2) is 78.3 Å². The summed E-state index contributed by atoms with van der Waals surface area (Å²) in [5, 5.41) is 5.96. The van der Waals surface area contributed by atoms with Gasteiger partial charge in [0.15, 0.2) is 0 Å². The summed E-state index contributed by atoms with van der Waals surface area (Å²) in [4.78, 5) is 20.9. The lowest BCUT2D eigenvalue weighted by molar-refractivity contribution is 0.0946. The predicted molar refractivity (Wildman–Crippen MR) is 113 cm³/mol. The van der Waals surface area contributed by atoms with E-state index in [0.717, 1.165) is 27.4 Å². The first-order valence-corrected chi connectivity index (χ1v) is 9.88. The SMILES string of the molecule is Cc1ccc(-c2csc(-c3ccc(CNC(=O)c4ccccn4)cc3)n2)cc1. The van der Waals surface area contributed by atoms with Gasteiger partial charge in [-0.3, -0.25) is 9.78 Å². The molecule has 0 radical (unpaired) electrons. The van der Waals surface area contributed by atoms with E-state index in [9.17, 15) is 4.79 Å². The van der Waals surface area contributed by atoms with Crippen molar-refractivity contribution in [2.75, 3.05) is 0 Å². The minimum atomic E-state index is -0.174. The van der Waals surface area contributed by atoms with Gasteiger partial charge in [-0.15, -0.1) is 11.3 Å². The van der Waals surface area contributed by atoms with E-state index in [2.05, 4.69) is 46.9 Å². The number of amides is 1. The molecule has 0 aliphatic heterocycles. The normalized spacial score (nSPS) is 10.6. The van der Waals surface area contributed by atoms with Crippen molar-refractivity contribution in [3.8, 4) is 21.8 Å². The highest BCUT2D eigenvalue weighted by atomic mass is 32.1. The average molecular weight is 385 g/mol. The van der Waals surface area contributed by atoms with Gasteiger partial charge >= 0.3 is 0 Å². The number of carbonyl (C=O) groups excluding carboxylic acids is 1. The van der Waals surface area contributed by atoms with Crippen molar-refractivity contribution in [2.45, 2.75) is 13.5 Å². The molecule has 4 nitrogen and oxygen atoms in total. The highest BCUT2D eigenvalue weighted by Crippen LogP contribution is 2.29. The van der Waals surface area contributed by atoms with Crippen LogP contribution in [0.1, 0.15) is 21.6 Å². The number of aryl methyl sites for hydroxylation is 1. The number of rotatable bonds is 5. The number of pyridine rings is 1. The molecule has 0 saturated carbocycles. The van der Waals surface area contributed by atoms with E-state index in [0.29, 0.717) is 12.2 Å². The van der Waals surface area contributed by atoms with E-state index in [-0.39, 0.29) is 5.91 Å². The van der Waals surface area contributed by atoms with E-state index in [1.807, 2.05) is 24.3 Å². The monoisotopic (exact) mass is 385 g/mol. The van der Waals surface area contributed by atoms with Gasteiger partial charge in [-0.25, -0.2) is 4.98 Å². The zero-order chi connectivity index (χ0) is 19.3. The van der Waals surface area contributed by atoms with Gasteiger partial charge in [0.25, 0.3) is 5.91 Å². The lowest BCUT2D eigenvalue weighted by Crippen LogP contribution is -2.23. The van der Waals surface area contributed by atoms with Gasteiger partial charge in [-0.1, -0.05) is 60.2 Å². The van der Waals surface area contributed by atoms with Crippen LogP contribution >= 0.6 is 11.3 Å². The molecule has 28 heavy (non-hydrogen) atoms. The fraction of sp³-hybridized carbons (Fsp3) is 0.0870. The largest absolute Gasteiger partial charge is 0.347 e. The molecule has 2 aromatic carbocycles. The lowest BCUT2D eigenvalue weighted by Gasteiger charge is -2.05. The maximum absolute atomic E-state index is 12.1. The van der Waals surface area contributed by atoms with Crippen LogP contribution in [0.2, 0.25) is 0 Å². The molecule has 0 spiro atoms. The molecule has 0 fully saturated rings. The van der Waals surface area contributed by atoms with Crippen LogP contribution in [0.5, 0.6) is 0 Å². The summed E-state index contributed by atoms with van der Waals surface area (Å²) in [6, 6.07) is 21.8. The third kappa shape index (κ3) is 4.15. The number of carbonyl (C=O) groups is 1. The molecule has 138 valence electrons. The van der Waals surface area contributed by atoms with Crippen LogP contribution in [0.3, 0.4) is 0 Å². The first-order valence-electron chi connectivity index (χ1n) is 9.00. The Morgan fingerprint density at radius 3 is 2.43 bits per heavy atom. The summed E-state index contributed by atoms with van der Waals surface area (Å²) in [5.74, 6) is -0.174. The van der Waals surface area contributed by atoms with Crippen molar-refractivity contribution in [3.05, 3.63) is 95.1 Å². The molecule has 0 unspecified atom stereocenters. The number of thiazole rings is 1. The van der Waals surface area contributed by atoms with E-state index >= 15 is 0 Å². The lowest BCUT2D eigenvalue weighted by atomic mass is 10.1. The molecule has 0 saturated heterocycles. The molecule has 5 heteroatoms. The Morgan fingerprint density at radius 1 is 0.964 bits per heavy atom. The molecule has 4 rings (SSSR count). The Bertz CT molecular complexity index is 1070. The third-order valence-corrected chi connectivity index (χ3v) is 5.29. The molecule has 1 N–H and O–H groups in total. The number of nitrogens with zero attached hydrogens (tertiary/aromatic N) is 2. The van der Waals surface area contributed by atoms with Gasteiger partial charge in [0, 0.05) is 29.2 Å². The van der Waals surface area contributed by atoms with Crippen molar-refractivity contribution in [2.24, 2.45) is 0 Å². The minimum Gasteiger partial charge on any atom is -0.347 e.